The third-order valence-electron chi connectivity index (χ3n) is 4.19. The lowest BCUT2D eigenvalue weighted by atomic mass is 10.2. The highest BCUT2D eigenvalue weighted by Crippen LogP contribution is 2.37. The molecule has 0 saturated carbocycles. The minimum Gasteiger partial charge on any atom is -0.413 e. The van der Waals surface area contributed by atoms with Crippen LogP contribution in [0.4, 0.5) is 5.13 Å². The minimum absolute atomic E-state index is 0.228. The zero-order valence-electron chi connectivity index (χ0n) is 14.3. The van der Waals surface area contributed by atoms with Crippen LogP contribution in [0.5, 0.6) is 0 Å². The van der Waals surface area contributed by atoms with E-state index in [0.717, 1.165) is 20.2 Å². The smallest absolute Gasteiger partial charge is 0.192 e. The first kappa shape index (κ1) is 18.6. The number of rotatable bonds is 6. The third kappa shape index (κ3) is 5.38. The minimum atomic E-state index is -1.71. The molecule has 1 N–H and O–H groups in total. The number of aromatic nitrogens is 2. The fourth-order valence-electron chi connectivity index (χ4n) is 1.63. The van der Waals surface area contributed by atoms with Crippen LogP contribution < -0.4 is 5.32 Å². The molecule has 2 aromatic rings. The van der Waals surface area contributed by atoms with Gasteiger partial charge in [0.15, 0.2) is 13.4 Å². The molecule has 0 aliphatic rings. The molecule has 2 rings (SSSR count). The van der Waals surface area contributed by atoms with Gasteiger partial charge in [0.05, 0.1) is 28.8 Å². The number of thiazole rings is 1. The lowest BCUT2D eigenvalue weighted by Crippen LogP contribution is -2.40. The van der Waals surface area contributed by atoms with E-state index in [0.29, 0.717) is 13.2 Å². The van der Waals surface area contributed by atoms with Crippen LogP contribution in [0.25, 0.3) is 0 Å². The molecule has 4 nitrogen and oxygen atoms in total. The molecule has 0 radical (unpaired) electrons. The van der Waals surface area contributed by atoms with Crippen LogP contribution in [0.1, 0.15) is 32.0 Å². The van der Waals surface area contributed by atoms with Gasteiger partial charge in [0.1, 0.15) is 0 Å². The number of nitrogens with zero attached hydrogens (tertiary/aromatic N) is 2. The van der Waals surface area contributed by atoms with Gasteiger partial charge in [0, 0.05) is 6.20 Å². The van der Waals surface area contributed by atoms with Crippen molar-refractivity contribution in [3.05, 3.63) is 39.6 Å². The largest absolute Gasteiger partial charge is 0.413 e. The number of anilines is 1. The van der Waals surface area contributed by atoms with Gasteiger partial charge in [-0.15, -0.1) is 0 Å². The Morgan fingerprint density at radius 2 is 1.96 bits per heavy atom. The molecule has 0 atom stereocenters. The second-order valence-corrected chi connectivity index (χ2v) is 14.2. The molecule has 23 heavy (non-hydrogen) atoms. The molecule has 0 fully saturated rings. The third-order valence-corrected chi connectivity index (χ3v) is 10.1. The fourth-order valence-corrected chi connectivity index (χ4v) is 3.69. The first-order chi connectivity index (χ1) is 10.7. The Hall–Kier alpha value is -0.763. The Morgan fingerprint density at radius 1 is 1.22 bits per heavy atom. The Kier molecular flexibility index (Phi) is 5.99. The first-order valence-corrected chi connectivity index (χ1v) is 12.1. The molecule has 7 heteroatoms. The van der Waals surface area contributed by atoms with E-state index >= 15 is 0 Å². The SMILES string of the molecule is CC(C)(C)[Si](C)(C)OCc1ccc(CNc2ncc(Br)s2)nc1. The summed E-state index contributed by atoms with van der Waals surface area (Å²) < 4.78 is 7.24. The predicted molar refractivity (Wildman–Crippen MR) is 103 cm³/mol. The van der Waals surface area contributed by atoms with E-state index in [9.17, 15) is 0 Å². The molecule has 2 aromatic heterocycles. The van der Waals surface area contributed by atoms with Gasteiger partial charge >= 0.3 is 0 Å². The van der Waals surface area contributed by atoms with E-state index in [1.807, 2.05) is 12.3 Å². The standard InChI is InChI=1S/C16H24BrN3OSSi/c1-16(2,3)23(4,5)21-11-12-6-7-13(18-8-12)9-19-15-20-10-14(17)22-15/h6-8,10H,9,11H2,1-5H3,(H,19,20). The van der Waals surface area contributed by atoms with Crippen LogP contribution in [0.15, 0.2) is 28.3 Å². The Bertz CT molecular complexity index is 638. The van der Waals surface area contributed by atoms with Gasteiger partial charge in [-0.3, -0.25) is 4.98 Å². The first-order valence-electron chi connectivity index (χ1n) is 7.60. The van der Waals surface area contributed by atoms with Gasteiger partial charge in [-0.1, -0.05) is 38.2 Å². The lowest BCUT2D eigenvalue weighted by molar-refractivity contribution is 0.276. The molecule has 2 heterocycles. The van der Waals surface area contributed by atoms with Crippen LogP contribution in [-0.4, -0.2) is 18.3 Å². The van der Waals surface area contributed by atoms with Crippen LogP contribution >= 0.6 is 27.3 Å². The van der Waals surface area contributed by atoms with Crippen molar-refractivity contribution < 1.29 is 4.43 Å². The molecular formula is C16H24BrN3OSSi. The molecule has 0 bridgehead atoms. The summed E-state index contributed by atoms with van der Waals surface area (Å²) in [6.07, 6.45) is 3.70. The molecule has 0 amide bonds. The van der Waals surface area contributed by atoms with E-state index in [2.05, 4.69) is 71.1 Å². The second-order valence-electron chi connectivity index (χ2n) is 7.03. The fraction of sp³-hybridized carbons (Fsp3) is 0.500. The van der Waals surface area contributed by atoms with Crippen LogP contribution in [-0.2, 0) is 17.6 Å². The van der Waals surface area contributed by atoms with Crippen molar-refractivity contribution in [1.82, 2.24) is 9.97 Å². The van der Waals surface area contributed by atoms with Gasteiger partial charge in [0.25, 0.3) is 0 Å². The van der Waals surface area contributed by atoms with E-state index < -0.39 is 8.32 Å². The molecular weight excluding hydrogens is 390 g/mol. The summed E-state index contributed by atoms with van der Waals surface area (Å²) in [4.78, 5) is 8.75. The molecule has 0 spiro atoms. The Morgan fingerprint density at radius 3 is 2.48 bits per heavy atom. The maximum atomic E-state index is 6.22. The average Bonchev–Trinajstić information content (AvgIpc) is 2.88. The average molecular weight is 414 g/mol. The molecule has 0 aliphatic heterocycles. The van der Waals surface area contributed by atoms with E-state index in [-0.39, 0.29) is 5.04 Å². The van der Waals surface area contributed by atoms with Gasteiger partial charge in [-0.25, -0.2) is 4.98 Å². The molecule has 0 aliphatic carbocycles. The summed E-state index contributed by atoms with van der Waals surface area (Å²) in [5.74, 6) is 0. The number of nitrogens with one attached hydrogen (secondary N) is 1. The Labute approximate surface area is 152 Å². The summed E-state index contributed by atoms with van der Waals surface area (Å²) in [5.41, 5.74) is 2.11. The van der Waals surface area contributed by atoms with Crippen LogP contribution in [0.3, 0.4) is 0 Å². The maximum Gasteiger partial charge on any atom is 0.192 e. The zero-order chi connectivity index (χ0) is 17.1. The zero-order valence-corrected chi connectivity index (χ0v) is 17.7. The van der Waals surface area contributed by atoms with Gasteiger partial charge < -0.3 is 9.74 Å². The second kappa shape index (κ2) is 7.42. The van der Waals surface area contributed by atoms with Crippen molar-refractivity contribution >= 4 is 40.7 Å². The highest BCUT2D eigenvalue weighted by atomic mass is 79.9. The normalized spacial score (nSPS) is 12.4. The van der Waals surface area contributed by atoms with Gasteiger partial charge in [-0.05, 0) is 45.7 Å². The van der Waals surface area contributed by atoms with Crippen LogP contribution in [0.2, 0.25) is 18.1 Å². The number of pyridine rings is 1. The van der Waals surface area contributed by atoms with Crippen molar-refractivity contribution in [2.45, 2.75) is 52.1 Å². The summed E-state index contributed by atoms with van der Waals surface area (Å²) in [7, 11) is -1.71. The van der Waals surface area contributed by atoms with Crippen molar-refractivity contribution in [2.24, 2.45) is 0 Å². The van der Waals surface area contributed by atoms with Gasteiger partial charge in [-0.2, -0.15) is 0 Å². The van der Waals surface area contributed by atoms with Crippen molar-refractivity contribution in [3.8, 4) is 0 Å². The van der Waals surface area contributed by atoms with Gasteiger partial charge in [0.2, 0.25) is 0 Å². The van der Waals surface area contributed by atoms with Crippen molar-refractivity contribution in [1.29, 1.82) is 0 Å². The highest BCUT2D eigenvalue weighted by molar-refractivity contribution is 9.11. The lowest BCUT2D eigenvalue weighted by Gasteiger charge is -2.36. The molecule has 126 valence electrons. The van der Waals surface area contributed by atoms with E-state index in [1.165, 1.54) is 0 Å². The summed E-state index contributed by atoms with van der Waals surface area (Å²) >= 11 is 4.98. The molecule has 0 saturated heterocycles. The molecule has 0 aromatic carbocycles. The van der Waals surface area contributed by atoms with Crippen LogP contribution in [0, 0.1) is 0 Å². The number of hydrogen-bond acceptors (Lipinski definition) is 5. The summed E-state index contributed by atoms with van der Waals surface area (Å²) in [6, 6.07) is 4.13. The predicted octanol–water partition coefficient (Wildman–Crippen LogP) is 5.43. The van der Waals surface area contributed by atoms with Crippen molar-refractivity contribution in [3.63, 3.8) is 0 Å². The Balaban J connectivity index is 1.87. The quantitative estimate of drug-likeness (QED) is 0.640. The van der Waals surface area contributed by atoms with E-state index in [4.69, 9.17) is 4.43 Å². The summed E-state index contributed by atoms with van der Waals surface area (Å²) in [6.45, 7) is 12.6. The summed E-state index contributed by atoms with van der Waals surface area (Å²) in [5, 5.41) is 4.39. The maximum absolute atomic E-state index is 6.22. The van der Waals surface area contributed by atoms with Crippen molar-refractivity contribution in [2.75, 3.05) is 5.32 Å². The topological polar surface area (TPSA) is 47.0 Å². The molecule has 0 unspecified atom stereocenters. The number of hydrogen-bond donors (Lipinski definition) is 1. The number of halogens is 1. The highest BCUT2D eigenvalue weighted by Gasteiger charge is 2.36. The van der Waals surface area contributed by atoms with E-state index in [1.54, 1.807) is 17.5 Å². The monoisotopic (exact) mass is 413 g/mol.